The highest BCUT2D eigenvalue weighted by atomic mass is 127. The number of ether oxygens (including phenoxy) is 1. The monoisotopic (exact) mass is 393 g/mol. The summed E-state index contributed by atoms with van der Waals surface area (Å²) >= 11 is 2.25. The largest absolute Gasteiger partial charge is 0.479 e. The number of benzene rings is 2. The van der Waals surface area contributed by atoms with Gasteiger partial charge in [-0.15, -0.1) is 0 Å². The molecule has 0 fully saturated rings. The lowest BCUT2D eigenvalue weighted by molar-refractivity contribution is -0.125. The van der Waals surface area contributed by atoms with Gasteiger partial charge >= 0.3 is 0 Å². The number of hydrogen-bond donors (Lipinski definition) is 0. The van der Waals surface area contributed by atoms with Gasteiger partial charge in [-0.1, -0.05) is 24.3 Å². The quantitative estimate of drug-likeness (QED) is 0.725. The Bertz CT molecular complexity index is 699. The summed E-state index contributed by atoms with van der Waals surface area (Å²) in [6.07, 6.45) is -0.445. The standard InChI is InChI=1S/C17H16INO2/c1-11-5-3-4-6-13(11)10-19-15-8-7-14(18)9-16(15)21-12(2)17(19)20/h3-9,12H,10H2,1-2H3. The third-order valence-corrected chi connectivity index (χ3v) is 4.39. The van der Waals surface area contributed by atoms with Crippen LogP contribution < -0.4 is 9.64 Å². The number of halogens is 1. The van der Waals surface area contributed by atoms with Gasteiger partial charge in [-0.2, -0.15) is 0 Å². The molecule has 0 aliphatic carbocycles. The molecule has 2 aromatic rings. The van der Waals surface area contributed by atoms with E-state index in [1.54, 1.807) is 6.92 Å². The van der Waals surface area contributed by atoms with Gasteiger partial charge in [-0.05, 0) is 65.8 Å². The van der Waals surface area contributed by atoms with Crippen molar-refractivity contribution in [3.05, 3.63) is 57.2 Å². The fourth-order valence-electron chi connectivity index (χ4n) is 2.51. The second kappa shape index (κ2) is 5.67. The Morgan fingerprint density at radius 2 is 2.00 bits per heavy atom. The first kappa shape index (κ1) is 14.4. The van der Waals surface area contributed by atoms with Gasteiger partial charge in [0.25, 0.3) is 5.91 Å². The molecule has 0 aromatic heterocycles. The van der Waals surface area contributed by atoms with Gasteiger partial charge in [-0.25, -0.2) is 0 Å². The molecule has 0 saturated heterocycles. The Labute approximate surface area is 138 Å². The van der Waals surface area contributed by atoms with E-state index in [2.05, 4.69) is 41.6 Å². The molecular formula is C17H16INO2. The van der Waals surface area contributed by atoms with Gasteiger partial charge in [0.1, 0.15) is 5.75 Å². The van der Waals surface area contributed by atoms with Crippen LogP contribution in [-0.4, -0.2) is 12.0 Å². The Hall–Kier alpha value is -1.56. The molecule has 0 spiro atoms. The van der Waals surface area contributed by atoms with Crippen molar-refractivity contribution in [3.63, 3.8) is 0 Å². The van der Waals surface area contributed by atoms with Crippen molar-refractivity contribution in [1.29, 1.82) is 0 Å². The van der Waals surface area contributed by atoms with Gasteiger partial charge in [-0.3, -0.25) is 4.79 Å². The van der Waals surface area contributed by atoms with Crippen LogP contribution in [0.15, 0.2) is 42.5 Å². The SMILES string of the molecule is Cc1ccccc1CN1C(=O)C(C)Oc2cc(I)ccc21. The van der Waals surface area contributed by atoms with Crippen LogP contribution in [0.25, 0.3) is 0 Å². The zero-order valence-electron chi connectivity index (χ0n) is 12.0. The van der Waals surface area contributed by atoms with Crippen LogP contribution in [0.3, 0.4) is 0 Å². The van der Waals surface area contributed by atoms with Gasteiger partial charge in [0.05, 0.1) is 12.2 Å². The zero-order valence-corrected chi connectivity index (χ0v) is 14.1. The van der Waals surface area contributed by atoms with Gasteiger partial charge in [0.15, 0.2) is 6.10 Å². The molecule has 108 valence electrons. The molecule has 3 rings (SSSR count). The second-order valence-electron chi connectivity index (χ2n) is 5.22. The first-order chi connectivity index (χ1) is 10.1. The zero-order chi connectivity index (χ0) is 15.0. The van der Waals surface area contributed by atoms with E-state index in [0.717, 1.165) is 20.6 Å². The van der Waals surface area contributed by atoms with Crippen molar-refractivity contribution in [1.82, 2.24) is 0 Å². The number of amides is 1. The molecule has 1 unspecified atom stereocenters. The maximum Gasteiger partial charge on any atom is 0.268 e. The normalized spacial score (nSPS) is 17.4. The molecule has 1 amide bonds. The fourth-order valence-corrected chi connectivity index (χ4v) is 2.97. The van der Waals surface area contributed by atoms with E-state index in [0.29, 0.717) is 6.54 Å². The predicted octanol–water partition coefficient (Wildman–Crippen LogP) is 3.91. The number of carbonyl (C=O) groups excluding carboxylic acids is 1. The Balaban J connectivity index is 2.01. The van der Waals surface area contributed by atoms with Crippen LogP contribution in [0.5, 0.6) is 5.75 Å². The summed E-state index contributed by atoms with van der Waals surface area (Å²) in [5.74, 6) is 0.787. The van der Waals surface area contributed by atoms with E-state index in [1.807, 2.05) is 35.2 Å². The second-order valence-corrected chi connectivity index (χ2v) is 6.47. The van der Waals surface area contributed by atoms with E-state index in [4.69, 9.17) is 4.74 Å². The maximum absolute atomic E-state index is 12.5. The molecule has 1 heterocycles. The summed E-state index contributed by atoms with van der Waals surface area (Å²) in [4.78, 5) is 14.3. The molecule has 0 bridgehead atoms. The molecule has 0 radical (unpaired) electrons. The lowest BCUT2D eigenvalue weighted by atomic mass is 10.1. The van der Waals surface area contributed by atoms with Crippen LogP contribution in [0, 0.1) is 10.5 Å². The van der Waals surface area contributed by atoms with Crippen molar-refractivity contribution in [2.75, 3.05) is 4.90 Å². The van der Waals surface area contributed by atoms with E-state index in [-0.39, 0.29) is 5.91 Å². The first-order valence-corrected chi connectivity index (χ1v) is 7.96. The van der Waals surface area contributed by atoms with Gasteiger partial charge in [0, 0.05) is 3.57 Å². The number of anilines is 1. The molecule has 1 atom stereocenters. The number of aryl methyl sites for hydroxylation is 1. The lowest BCUT2D eigenvalue weighted by Gasteiger charge is -2.33. The number of nitrogens with zero attached hydrogens (tertiary/aromatic N) is 1. The smallest absolute Gasteiger partial charge is 0.268 e. The van der Waals surface area contributed by atoms with Crippen LogP contribution >= 0.6 is 22.6 Å². The number of hydrogen-bond acceptors (Lipinski definition) is 2. The van der Waals surface area contributed by atoms with Crippen molar-refractivity contribution in [2.24, 2.45) is 0 Å². The fraction of sp³-hybridized carbons (Fsp3) is 0.235. The van der Waals surface area contributed by atoms with E-state index < -0.39 is 6.10 Å². The Kier molecular flexibility index (Phi) is 3.89. The highest BCUT2D eigenvalue weighted by molar-refractivity contribution is 14.1. The maximum atomic E-state index is 12.5. The molecule has 4 heteroatoms. The minimum atomic E-state index is -0.445. The average molecular weight is 393 g/mol. The molecule has 21 heavy (non-hydrogen) atoms. The summed E-state index contributed by atoms with van der Waals surface area (Å²) in [5.41, 5.74) is 3.20. The first-order valence-electron chi connectivity index (χ1n) is 6.88. The third kappa shape index (κ3) is 2.77. The Morgan fingerprint density at radius 1 is 1.24 bits per heavy atom. The van der Waals surface area contributed by atoms with E-state index in [9.17, 15) is 4.79 Å². The van der Waals surface area contributed by atoms with Crippen molar-refractivity contribution < 1.29 is 9.53 Å². The molecule has 3 nitrogen and oxygen atoms in total. The molecule has 1 aliphatic rings. The topological polar surface area (TPSA) is 29.5 Å². The van der Waals surface area contributed by atoms with Crippen LogP contribution in [-0.2, 0) is 11.3 Å². The summed E-state index contributed by atoms with van der Waals surface area (Å²) in [5, 5.41) is 0. The van der Waals surface area contributed by atoms with E-state index >= 15 is 0 Å². The van der Waals surface area contributed by atoms with Crippen LogP contribution in [0.1, 0.15) is 18.1 Å². The van der Waals surface area contributed by atoms with Crippen LogP contribution in [0.4, 0.5) is 5.69 Å². The minimum Gasteiger partial charge on any atom is -0.479 e. The van der Waals surface area contributed by atoms with Gasteiger partial charge < -0.3 is 9.64 Å². The van der Waals surface area contributed by atoms with Crippen molar-refractivity contribution >= 4 is 34.2 Å². The van der Waals surface area contributed by atoms with Crippen LogP contribution in [0.2, 0.25) is 0 Å². The van der Waals surface area contributed by atoms with Gasteiger partial charge in [0.2, 0.25) is 0 Å². The number of fused-ring (bicyclic) bond motifs is 1. The molecule has 2 aromatic carbocycles. The molecular weight excluding hydrogens is 377 g/mol. The highest BCUT2D eigenvalue weighted by Crippen LogP contribution is 2.36. The number of rotatable bonds is 2. The molecule has 0 saturated carbocycles. The average Bonchev–Trinajstić information content (AvgIpc) is 2.45. The van der Waals surface area contributed by atoms with Crippen molar-refractivity contribution in [2.45, 2.75) is 26.5 Å². The Morgan fingerprint density at radius 3 is 2.76 bits per heavy atom. The van der Waals surface area contributed by atoms with Crippen molar-refractivity contribution in [3.8, 4) is 5.75 Å². The predicted molar refractivity (Wildman–Crippen MR) is 91.6 cm³/mol. The highest BCUT2D eigenvalue weighted by Gasteiger charge is 2.31. The third-order valence-electron chi connectivity index (χ3n) is 3.72. The van der Waals surface area contributed by atoms with E-state index in [1.165, 1.54) is 5.56 Å². The summed E-state index contributed by atoms with van der Waals surface area (Å²) in [6.45, 7) is 4.45. The number of carbonyl (C=O) groups is 1. The molecule has 0 N–H and O–H groups in total. The minimum absolute atomic E-state index is 0.00645. The summed E-state index contributed by atoms with van der Waals surface area (Å²) in [6, 6.07) is 14.1. The molecule has 1 aliphatic heterocycles. The summed E-state index contributed by atoms with van der Waals surface area (Å²) in [7, 11) is 0. The lowest BCUT2D eigenvalue weighted by Crippen LogP contribution is -2.44. The summed E-state index contributed by atoms with van der Waals surface area (Å²) < 4.78 is 6.83.